The van der Waals surface area contributed by atoms with Gasteiger partial charge in [0.2, 0.25) is 0 Å². The van der Waals surface area contributed by atoms with Crippen molar-refractivity contribution >= 4 is 50.1 Å². The summed E-state index contributed by atoms with van der Waals surface area (Å²) in [7, 11) is 0. The molecule has 0 unspecified atom stereocenters. The molecule has 0 bridgehead atoms. The zero-order chi connectivity index (χ0) is 3.58. The Morgan fingerprint density at radius 3 is 1.57 bits per heavy atom. The van der Waals surface area contributed by atoms with Gasteiger partial charge in [-0.25, -0.2) is 0 Å². The summed E-state index contributed by atoms with van der Waals surface area (Å²) in [6, 6.07) is 0. The molecule has 44 valence electrons. The van der Waals surface area contributed by atoms with Crippen LogP contribution in [0.1, 0.15) is 0 Å². The first-order chi connectivity index (χ1) is 1.73. The van der Waals surface area contributed by atoms with E-state index < -0.39 is 5.09 Å². The van der Waals surface area contributed by atoms with Crippen LogP contribution in [0.2, 0.25) is 0 Å². The molecule has 4 N–H and O–H groups in total. The second-order valence-electron chi connectivity index (χ2n) is 0.238. The monoisotopic (exact) mass is 158 g/mol. The molecule has 7 heteroatoms. The van der Waals surface area contributed by atoms with E-state index >= 15 is 0 Å². The topological polar surface area (TPSA) is 98.4 Å². The van der Waals surface area contributed by atoms with Crippen LogP contribution in [0, 0.1) is 10.1 Å². The average Bonchev–Trinajstić information content (AvgIpc) is 0.811. The molecule has 0 saturated carbocycles. The van der Waals surface area contributed by atoms with E-state index in [9.17, 15) is 0 Å². The molecule has 7 heavy (non-hydrogen) atoms. The normalized spacial score (nSPS) is 3.43. The molecule has 0 aromatic heterocycles. The second-order valence-corrected chi connectivity index (χ2v) is 0.238. The van der Waals surface area contributed by atoms with Gasteiger partial charge in [0, 0.05) is 0 Å². The van der Waals surface area contributed by atoms with Gasteiger partial charge in [-0.3, -0.25) is 0 Å². The summed E-state index contributed by atoms with van der Waals surface area (Å²) in [6.45, 7) is 0. The van der Waals surface area contributed by atoms with Gasteiger partial charge in [0.15, 0.2) is 0 Å². The number of nitrogens with zero attached hydrogens (tertiary/aromatic N) is 1. The fourth-order valence-electron chi connectivity index (χ4n) is 0. The summed E-state index contributed by atoms with van der Waals surface area (Å²) < 4.78 is 0. The first-order valence-electron chi connectivity index (χ1n) is 0.565. The van der Waals surface area contributed by atoms with Crippen LogP contribution >= 0.6 is 12.4 Å². The molecular weight excluding hydrogens is 152 g/mol. The van der Waals surface area contributed by atoms with Crippen molar-refractivity contribution in [3.05, 3.63) is 10.1 Å². The van der Waals surface area contributed by atoms with E-state index in [0.717, 1.165) is 0 Å². The second kappa shape index (κ2) is 15.9. The molecule has 0 rings (SSSR count). The summed E-state index contributed by atoms with van der Waals surface area (Å²) >= 11 is 0. The molecule has 0 saturated heterocycles. The van der Waals surface area contributed by atoms with Gasteiger partial charge in [0.05, 0.1) is 0 Å². The van der Waals surface area contributed by atoms with E-state index in [1.54, 1.807) is 0 Å². The van der Waals surface area contributed by atoms with Crippen LogP contribution < -0.4 is 6.15 Å². The van der Waals surface area contributed by atoms with Gasteiger partial charge < -0.3 is 11.4 Å². The molecule has 0 heterocycles. The maximum atomic E-state index is 8.36. The molecule has 0 radical (unpaired) electrons. The molecule has 0 aliphatic rings. The Hall–Kier alpha value is 0.710. The van der Waals surface area contributed by atoms with Crippen LogP contribution in [0.25, 0.3) is 0 Å². The molecule has 0 aliphatic heterocycles. The quantitative estimate of drug-likeness (QED) is 0.277. The fraction of sp³-hybridized carbons (Fsp3) is 0. The number of halogens is 1. The van der Waals surface area contributed by atoms with Gasteiger partial charge in [0.1, 0.15) is 0 Å². The van der Waals surface area contributed by atoms with Crippen LogP contribution in [0.5, 0.6) is 0 Å². The Balaban J connectivity index is -0.0000000150. The fourth-order valence-corrected chi connectivity index (χ4v) is 0. The van der Waals surface area contributed by atoms with E-state index in [2.05, 4.69) is 0 Å². The SMILES string of the molecule is Cl.N.O=[N+]([O-])O.[CaH2]. The molecular formula is H7CaClN2O3. The van der Waals surface area contributed by atoms with Crippen LogP contribution in [-0.4, -0.2) is 48.0 Å². The van der Waals surface area contributed by atoms with Crippen molar-refractivity contribution in [2.24, 2.45) is 0 Å². The maximum absolute atomic E-state index is 8.36. The molecule has 0 aliphatic carbocycles. The molecule has 0 fully saturated rings. The van der Waals surface area contributed by atoms with Gasteiger partial charge in [-0.05, 0) is 0 Å². The van der Waals surface area contributed by atoms with Crippen molar-refractivity contribution in [2.45, 2.75) is 0 Å². The average molecular weight is 159 g/mol. The van der Waals surface area contributed by atoms with Crippen molar-refractivity contribution in [1.29, 1.82) is 0 Å². The zero-order valence-corrected chi connectivity index (χ0v) is 3.64. The predicted molar refractivity (Wildman–Crippen MR) is 29.6 cm³/mol. The molecule has 0 aromatic rings. The Labute approximate surface area is 76.2 Å². The van der Waals surface area contributed by atoms with E-state index in [-0.39, 0.29) is 56.3 Å². The summed E-state index contributed by atoms with van der Waals surface area (Å²) in [5.74, 6) is 0. The Bertz CT molecular complexity index is 35.9. The molecule has 0 spiro atoms. The molecule has 0 aromatic carbocycles. The van der Waals surface area contributed by atoms with Crippen molar-refractivity contribution < 1.29 is 10.3 Å². The van der Waals surface area contributed by atoms with Crippen molar-refractivity contribution in [3.63, 3.8) is 0 Å². The van der Waals surface area contributed by atoms with E-state index in [1.165, 1.54) is 0 Å². The van der Waals surface area contributed by atoms with E-state index in [4.69, 9.17) is 15.3 Å². The van der Waals surface area contributed by atoms with Gasteiger partial charge in [0.25, 0.3) is 5.09 Å². The van der Waals surface area contributed by atoms with Crippen LogP contribution in [-0.2, 0) is 0 Å². The van der Waals surface area contributed by atoms with Crippen LogP contribution in [0.15, 0.2) is 0 Å². The molecule has 0 amide bonds. The standard InChI is InChI=1S/Ca.ClH.HNO3.H3N.2H/c;;2-1(3)4;;;/h;1H;(H,2,3,4);1H3;;. The van der Waals surface area contributed by atoms with Gasteiger partial charge >= 0.3 is 37.7 Å². The van der Waals surface area contributed by atoms with Gasteiger partial charge in [-0.15, -0.1) is 22.5 Å². The minimum absolute atomic E-state index is 0. The third kappa shape index (κ3) is 295. The third-order valence-electron chi connectivity index (χ3n) is 0. The first kappa shape index (κ1) is 25.2. The van der Waals surface area contributed by atoms with Crippen molar-refractivity contribution in [1.82, 2.24) is 6.15 Å². The third-order valence-corrected chi connectivity index (χ3v) is 0. The zero-order valence-electron chi connectivity index (χ0n) is 2.83. The summed E-state index contributed by atoms with van der Waals surface area (Å²) in [6.07, 6.45) is 0. The van der Waals surface area contributed by atoms with E-state index in [0.29, 0.717) is 0 Å². The predicted octanol–water partition coefficient (Wildman–Crippen LogP) is -0.680. The number of hydrogen-bond donors (Lipinski definition) is 2. The van der Waals surface area contributed by atoms with Gasteiger partial charge in [-0.2, -0.15) is 0 Å². The Morgan fingerprint density at radius 2 is 1.57 bits per heavy atom. The number of hydrogen-bond acceptors (Lipinski definition) is 3. The van der Waals surface area contributed by atoms with Crippen molar-refractivity contribution in [3.8, 4) is 0 Å². The first-order valence-corrected chi connectivity index (χ1v) is 0.565. The Kier molecular flexibility index (Phi) is 57.3. The van der Waals surface area contributed by atoms with Gasteiger partial charge in [-0.1, -0.05) is 0 Å². The summed E-state index contributed by atoms with van der Waals surface area (Å²) in [5, 5.41) is 13.6. The van der Waals surface area contributed by atoms with Crippen LogP contribution in [0.3, 0.4) is 0 Å². The molecule has 5 nitrogen and oxygen atoms in total. The number of rotatable bonds is 0. The Morgan fingerprint density at radius 1 is 1.57 bits per heavy atom. The molecule has 0 atom stereocenters. The van der Waals surface area contributed by atoms with E-state index in [1.807, 2.05) is 0 Å². The van der Waals surface area contributed by atoms with Crippen molar-refractivity contribution in [2.75, 3.05) is 0 Å². The summed E-state index contributed by atoms with van der Waals surface area (Å²) in [5.41, 5.74) is 0. The minimum atomic E-state index is -1.50. The summed E-state index contributed by atoms with van der Waals surface area (Å²) in [4.78, 5) is 8.36. The van der Waals surface area contributed by atoms with Crippen LogP contribution in [0.4, 0.5) is 0 Å².